The van der Waals surface area contributed by atoms with Crippen LogP contribution in [0.25, 0.3) is 27.7 Å². The Kier molecular flexibility index (Phi) is 2.90. The normalized spacial score (nSPS) is 12.4. The van der Waals surface area contributed by atoms with E-state index in [-0.39, 0.29) is 0 Å². The van der Waals surface area contributed by atoms with Crippen molar-refractivity contribution >= 4 is 10.8 Å². The number of aromatic nitrogens is 3. The maximum atomic E-state index is 4.58. The summed E-state index contributed by atoms with van der Waals surface area (Å²) in [5.74, 6) is 1.13. The maximum Gasteiger partial charge on any atom is 0.213 e. The van der Waals surface area contributed by atoms with E-state index in [1.807, 2.05) is 6.20 Å². The first-order chi connectivity index (χ1) is 12.1. The van der Waals surface area contributed by atoms with Crippen LogP contribution in [0.4, 0.5) is 0 Å². The zero-order valence-electron chi connectivity index (χ0n) is 14.7. The van der Waals surface area contributed by atoms with Gasteiger partial charge >= 0.3 is 0 Å². The number of pyridine rings is 1. The molecule has 0 aliphatic carbocycles. The molecule has 122 valence electrons. The van der Waals surface area contributed by atoms with Gasteiger partial charge in [-0.2, -0.15) is 0 Å². The van der Waals surface area contributed by atoms with Gasteiger partial charge in [-0.05, 0) is 35.9 Å². The summed E-state index contributed by atoms with van der Waals surface area (Å²) in [6.45, 7) is 4.41. The van der Waals surface area contributed by atoms with Gasteiger partial charge in [-0.15, -0.1) is 0 Å². The third-order valence-corrected chi connectivity index (χ3v) is 5.40. The van der Waals surface area contributed by atoms with Crippen LogP contribution in [0.3, 0.4) is 0 Å². The van der Waals surface area contributed by atoms with Crippen molar-refractivity contribution in [2.75, 3.05) is 0 Å². The maximum absolute atomic E-state index is 4.58. The van der Waals surface area contributed by atoms with Gasteiger partial charge in [0.2, 0.25) is 5.69 Å². The van der Waals surface area contributed by atoms with Gasteiger partial charge in [-0.1, -0.05) is 24.3 Å². The van der Waals surface area contributed by atoms with E-state index in [4.69, 9.17) is 0 Å². The summed E-state index contributed by atoms with van der Waals surface area (Å²) in [5.41, 5.74) is 7.94. The van der Waals surface area contributed by atoms with Crippen molar-refractivity contribution in [3.8, 4) is 16.9 Å². The molecule has 4 aromatic rings. The molecule has 25 heavy (non-hydrogen) atoms. The highest BCUT2D eigenvalue weighted by Crippen LogP contribution is 2.42. The summed E-state index contributed by atoms with van der Waals surface area (Å²) in [6, 6.07) is 13.2. The molecule has 3 nitrogen and oxygen atoms in total. The van der Waals surface area contributed by atoms with Crippen LogP contribution >= 0.6 is 0 Å². The summed E-state index contributed by atoms with van der Waals surface area (Å²) in [5, 5.41) is 2.63. The van der Waals surface area contributed by atoms with Gasteiger partial charge in [0.05, 0.1) is 11.3 Å². The molecule has 0 spiro atoms. The summed E-state index contributed by atoms with van der Waals surface area (Å²) < 4.78 is 4.49. The lowest BCUT2D eigenvalue weighted by Crippen LogP contribution is -2.31. The minimum absolute atomic E-state index is 0.886. The fraction of sp³-hybridized carbons (Fsp3) is 0.182. The summed E-state index contributed by atoms with van der Waals surface area (Å²) in [7, 11) is 2.13. The van der Waals surface area contributed by atoms with Crippen LogP contribution in [-0.4, -0.2) is 9.55 Å². The van der Waals surface area contributed by atoms with E-state index in [1.165, 1.54) is 44.4 Å². The van der Waals surface area contributed by atoms with Crippen LogP contribution in [0.15, 0.2) is 55.0 Å². The quantitative estimate of drug-likeness (QED) is 0.426. The van der Waals surface area contributed by atoms with E-state index >= 15 is 0 Å². The van der Waals surface area contributed by atoms with Crippen molar-refractivity contribution in [2.24, 2.45) is 7.05 Å². The van der Waals surface area contributed by atoms with E-state index in [1.54, 1.807) is 0 Å². The predicted octanol–water partition coefficient (Wildman–Crippen LogP) is 4.04. The number of hydrogen-bond acceptors (Lipinski definition) is 1. The van der Waals surface area contributed by atoms with Crippen LogP contribution < -0.4 is 4.57 Å². The number of imidazole rings is 1. The zero-order valence-corrected chi connectivity index (χ0v) is 14.7. The topological polar surface area (TPSA) is 21.7 Å². The number of benzene rings is 2. The van der Waals surface area contributed by atoms with Crippen LogP contribution in [0.2, 0.25) is 0 Å². The van der Waals surface area contributed by atoms with Gasteiger partial charge in [0, 0.05) is 36.3 Å². The smallest absolute Gasteiger partial charge is 0.213 e. The fourth-order valence-electron chi connectivity index (χ4n) is 4.20. The molecule has 0 saturated carbocycles. The standard InChI is InChI=1S/C22H20N3/c1-14-8-10-24(3)19(12-14)21-15(2)16-6-4-5-7-17(16)22-18(21)13-20-23-9-11-25(20)22/h4-12H,13H2,1-3H3/q+1. The monoisotopic (exact) mass is 326 g/mol. The van der Waals surface area contributed by atoms with Gasteiger partial charge in [-0.3, -0.25) is 0 Å². The van der Waals surface area contributed by atoms with Crippen molar-refractivity contribution < 1.29 is 4.57 Å². The Hall–Kier alpha value is -2.94. The molecule has 0 amide bonds. The lowest BCUT2D eigenvalue weighted by Gasteiger charge is -2.16. The van der Waals surface area contributed by atoms with Crippen LogP contribution in [-0.2, 0) is 13.5 Å². The largest absolute Gasteiger partial charge is 0.303 e. The second-order valence-corrected chi connectivity index (χ2v) is 6.96. The molecule has 2 aromatic carbocycles. The first kappa shape index (κ1) is 14.4. The highest BCUT2D eigenvalue weighted by atomic mass is 15.1. The first-order valence-corrected chi connectivity index (χ1v) is 8.68. The summed E-state index contributed by atoms with van der Waals surface area (Å²) in [4.78, 5) is 4.58. The fourth-order valence-corrected chi connectivity index (χ4v) is 4.20. The molecular weight excluding hydrogens is 306 g/mol. The zero-order chi connectivity index (χ0) is 17.1. The Morgan fingerprint density at radius 1 is 1.08 bits per heavy atom. The molecule has 0 N–H and O–H groups in total. The van der Waals surface area contributed by atoms with E-state index in [0.29, 0.717) is 0 Å². The van der Waals surface area contributed by atoms with Crippen molar-refractivity contribution in [2.45, 2.75) is 20.3 Å². The molecule has 0 saturated heterocycles. The van der Waals surface area contributed by atoms with E-state index < -0.39 is 0 Å². The molecule has 0 radical (unpaired) electrons. The van der Waals surface area contributed by atoms with Gasteiger partial charge < -0.3 is 4.57 Å². The van der Waals surface area contributed by atoms with Crippen molar-refractivity contribution in [1.29, 1.82) is 0 Å². The molecule has 1 aliphatic heterocycles. The molecule has 5 rings (SSSR count). The average molecular weight is 326 g/mol. The number of hydrogen-bond donors (Lipinski definition) is 0. The number of rotatable bonds is 1. The Balaban J connectivity index is 1.97. The molecule has 2 aromatic heterocycles. The highest BCUT2D eigenvalue weighted by Gasteiger charge is 2.29. The van der Waals surface area contributed by atoms with Crippen LogP contribution in [0, 0.1) is 13.8 Å². The summed E-state index contributed by atoms with van der Waals surface area (Å²) >= 11 is 0. The lowest BCUT2D eigenvalue weighted by molar-refractivity contribution is -0.660. The van der Waals surface area contributed by atoms with Gasteiger partial charge in [0.1, 0.15) is 12.9 Å². The summed E-state index contributed by atoms with van der Waals surface area (Å²) in [6.07, 6.45) is 7.03. The minimum atomic E-state index is 0.886. The van der Waals surface area contributed by atoms with Crippen molar-refractivity contribution in [3.63, 3.8) is 0 Å². The molecule has 0 bridgehead atoms. The van der Waals surface area contributed by atoms with Crippen molar-refractivity contribution in [3.05, 3.63) is 77.5 Å². The lowest BCUT2D eigenvalue weighted by atomic mass is 9.90. The SMILES string of the molecule is Cc1cc[n+](C)c(-c2c3c(c4ccccc4c2C)-n2ccnc2C3)c1. The van der Waals surface area contributed by atoms with Crippen LogP contribution in [0.5, 0.6) is 0 Å². The Morgan fingerprint density at radius 3 is 2.72 bits per heavy atom. The molecule has 0 atom stereocenters. The van der Waals surface area contributed by atoms with Gasteiger partial charge in [0.25, 0.3) is 0 Å². The number of aryl methyl sites for hydroxylation is 3. The second-order valence-electron chi connectivity index (χ2n) is 6.96. The third-order valence-electron chi connectivity index (χ3n) is 5.40. The number of fused-ring (bicyclic) bond motifs is 5. The predicted molar refractivity (Wildman–Crippen MR) is 100.0 cm³/mol. The molecule has 0 fully saturated rings. The molecule has 1 aliphatic rings. The van der Waals surface area contributed by atoms with Crippen molar-refractivity contribution in [1.82, 2.24) is 9.55 Å². The molecule has 0 unspecified atom stereocenters. The minimum Gasteiger partial charge on any atom is -0.303 e. The molecule has 3 heteroatoms. The Labute approximate surface area is 147 Å². The van der Waals surface area contributed by atoms with E-state index in [2.05, 4.69) is 83.8 Å². The first-order valence-electron chi connectivity index (χ1n) is 8.68. The average Bonchev–Trinajstić information content (AvgIpc) is 3.19. The molecule has 3 heterocycles. The van der Waals surface area contributed by atoms with Crippen LogP contribution in [0.1, 0.15) is 22.5 Å². The van der Waals surface area contributed by atoms with Gasteiger partial charge in [0.15, 0.2) is 6.20 Å². The second kappa shape index (κ2) is 5.03. The van der Waals surface area contributed by atoms with Gasteiger partial charge in [-0.25, -0.2) is 9.55 Å². The Morgan fingerprint density at radius 2 is 1.88 bits per heavy atom. The Bertz CT molecular complexity index is 1150. The molecular formula is C22H20N3+. The van der Waals surface area contributed by atoms with E-state index in [9.17, 15) is 0 Å². The third kappa shape index (κ3) is 1.92. The number of nitrogens with zero attached hydrogens (tertiary/aromatic N) is 3. The highest BCUT2D eigenvalue weighted by molar-refractivity contribution is 6.00. The van der Waals surface area contributed by atoms with E-state index in [0.717, 1.165) is 12.2 Å².